The molecule has 3 rings (SSSR count). The highest BCUT2D eigenvalue weighted by Gasteiger charge is 2.26. The third kappa shape index (κ3) is 3.40. The van der Waals surface area contributed by atoms with Gasteiger partial charge in [-0.3, -0.25) is 9.59 Å². The summed E-state index contributed by atoms with van der Waals surface area (Å²) in [5, 5.41) is 4.33. The van der Waals surface area contributed by atoms with Crippen LogP contribution in [0.2, 0.25) is 0 Å². The third-order valence-electron chi connectivity index (χ3n) is 4.63. The fourth-order valence-electron chi connectivity index (χ4n) is 3.30. The quantitative estimate of drug-likeness (QED) is 0.871. The maximum atomic E-state index is 13.0. The van der Waals surface area contributed by atoms with E-state index < -0.39 is 0 Å². The summed E-state index contributed by atoms with van der Waals surface area (Å²) in [4.78, 5) is 27.0. The Morgan fingerprint density at radius 1 is 1.12 bits per heavy atom. The molecule has 0 aliphatic carbocycles. The van der Waals surface area contributed by atoms with Crippen molar-refractivity contribution >= 4 is 5.91 Å². The van der Waals surface area contributed by atoms with Crippen molar-refractivity contribution in [3.8, 4) is 5.69 Å². The Labute approximate surface area is 141 Å². The van der Waals surface area contributed by atoms with Crippen LogP contribution in [0.25, 0.3) is 5.69 Å². The number of benzene rings is 1. The molecule has 1 amide bonds. The fourth-order valence-corrected chi connectivity index (χ4v) is 3.30. The summed E-state index contributed by atoms with van der Waals surface area (Å²) in [5.74, 6) is -0.0755. The first-order valence-electron chi connectivity index (χ1n) is 8.67. The molecule has 24 heavy (non-hydrogen) atoms. The molecule has 1 aromatic carbocycles. The molecule has 1 unspecified atom stereocenters. The van der Waals surface area contributed by atoms with Gasteiger partial charge in [0.2, 0.25) is 0 Å². The lowest BCUT2D eigenvalue weighted by Crippen LogP contribution is -2.40. The molecule has 1 aliphatic heterocycles. The van der Waals surface area contributed by atoms with E-state index in [4.69, 9.17) is 0 Å². The van der Waals surface area contributed by atoms with Gasteiger partial charge >= 0.3 is 0 Å². The normalized spacial score (nSPS) is 18.2. The Morgan fingerprint density at radius 3 is 2.67 bits per heavy atom. The molecule has 1 atom stereocenters. The van der Waals surface area contributed by atoms with Crippen LogP contribution >= 0.6 is 0 Å². The third-order valence-corrected chi connectivity index (χ3v) is 4.63. The van der Waals surface area contributed by atoms with Gasteiger partial charge in [-0.1, -0.05) is 38.0 Å². The van der Waals surface area contributed by atoms with Crippen LogP contribution in [0.4, 0.5) is 0 Å². The number of para-hydroxylation sites is 1. The molecule has 0 bridgehead atoms. The van der Waals surface area contributed by atoms with Gasteiger partial charge in [0, 0.05) is 18.7 Å². The van der Waals surface area contributed by atoms with Crippen LogP contribution in [0.15, 0.2) is 47.3 Å². The summed E-state index contributed by atoms with van der Waals surface area (Å²) in [6.07, 6.45) is 5.35. The van der Waals surface area contributed by atoms with Gasteiger partial charge in [0.25, 0.3) is 11.5 Å². The van der Waals surface area contributed by atoms with Gasteiger partial charge in [-0.2, -0.15) is 9.78 Å². The lowest BCUT2D eigenvalue weighted by Gasteiger charge is -2.29. The number of amides is 1. The second-order valence-electron chi connectivity index (χ2n) is 6.21. The van der Waals surface area contributed by atoms with E-state index in [0.717, 1.165) is 32.2 Å². The SMILES string of the molecule is CCC1CCCCCN1C(=O)c1ccc(=O)n(-c2ccccc2)n1. The molecule has 5 nitrogen and oxygen atoms in total. The Balaban J connectivity index is 1.94. The minimum atomic E-state index is -0.236. The summed E-state index contributed by atoms with van der Waals surface area (Å²) in [7, 11) is 0. The van der Waals surface area contributed by atoms with Crippen LogP contribution in [0.3, 0.4) is 0 Å². The number of hydrogen-bond acceptors (Lipinski definition) is 3. The molecule has 2 aromatic rings. The highest BCUT2D eigenvalue weighted by Crippen LogP contribution is 2.20. The number of carbonyl (C=O) groups is 1. The Morgan fingerprint density at radius 2 is 1.92 bits per heavy atom. The number of aromatic nitrogens is 2. The van der Waals surface area contributed by atoms with Crippen molar-refractivity contribution in [1.29, 1.82) is 0 Å². The number of nitrogens with zero attached hydrogens (tertiary/aromatic N) is 3. The van der Waals surface area contributed by atoms with Gasteiger partial charge in [0.15, 0.2) is 0 Å². The zero-order valence-electron chi connectivity index (χ0n) is 14.0. The number of hydrogen-bond donors (Lipinski definition) is 0. The van der Waals surface area contributed by atoms with Gasteiger partial charge < -0.3 is 4.90 Å². The van der Waals surface area contributed by atoms with E-state index in [-0.39, 0.29) is 17.5 Å². The molecule has 1 aliphatic rings. The van der Waals surface area contributed by atoms with Crippen molar-refractivity contribution in [3.63, 3.8) is 0 Å². The average Bonchev–Trinajstić information content (AvgIpc) is 2.87. The average molecular weight is 325 g/mol. The monoisotopic (exact) mass is 325 g/mol. The van der Waals surface area contributed by atoms with Gasteiger partial charge in [-0.25, -0.2) is 0 Å². The molecule has 0 radical (unpaired) electrons. The van der Waals surface area contributed by atoms with Crippen molar-refractivity contribution in [1.82, 2.24) is 14.7 Å². The first-order chi connectivity index (χ1) is 11.7. The topological polar surface area (TPSA) is 55.2 Å². The van der Waals surface area contributed by atoms with Crippen molar-refractivity contribution in [2.75, 3.05) is 6.54 Å². The van der Waals surface area contributed by atoms with Gasteiger partial charge in [-0.15, -0.1) is 0 Å². The largest absolute Gasteiger partial charge is 0.334 e. The minimum absolute atomic E-state index is 0.0755. The van der Waals surface area contributed by atoms with E-state index in [1.54, 1.807) is 6.07 Å². The van der Waals surface area contributed by atoms with Crippen LogP contribution in [0.1, 0.15) is 49.5 Å². The Kier molecular flexibility index (Phi) is 5.08. The number of rotatable bonds is 3. The zero-order chi connectivity index (χ0) is 16.9. The standard InChI is InChI=1S/C19H23N3O2/c1-2-15-9-7-4-8-14-21(15)19(24)17-12-13-18(23)22(20-17)16-10-5-3-6-11-16/h3,5-6,10-13,15H,2,4,7-9,14H2,1H3. The van der Waals surface area contributed by atoms with Crippen LogP contribution < -0.4 is 5.56 Å². The summed E-state index contributed by atoms with van der Waals surface area (Å²) < 4.78 is 1.30. The zero-order valence-corrected chi connectivity index (χ0v) is 14.0. The molecule has 1 fully saturated rings. The first kappa shape index (κ1) is 16.4. The van der Waals surface area contributed by atoms with Crippen molar-refractivity contribution in [3.05, 3.63) is 58.5 Å². The highest BCUT2D eigenvalue weighted by atomic mass is 16.2. The van der Waals surface area contributed by atoms with E-state index >= 15 is 0 Å². The van der Waals surface area contributed by atoms with Gasteiger partial charge in [0.1, 0.15) is 5.69 Å². The Bertz CT molecular complexity index is 755. The van der Waals surface area contributed by atoms with Crippen LogP contribution in [-0.2, 0) is 0 Å². The second kappa shape index (κ2) is 7.43. The summed E-state index contributed by atoms with van der Waals surface area (Å²) in [6, 6.07) is 12.4. The van der Waals surface area contributed by atoms with Crippen molar-refractivity contribution in [2.24, 2.45) is 0 Å². The lowest BCUT2D eigenvalue weighted by atomic mass is 10.1. The number of likely N-dealkylation sites (tertiary alicyclic amines) is 1. The molecule has 0 N–H and O–H groups in total. The fraction of sp³-hybridized carbons (Fsp3) is 0.421. The molecule has 1 saturated heterocycles. The molecule has 0 saturated carbocycles. The molecule has 2 heterocycles. The lowest BCUT2D eigenvalue weighted by molar-refractivity contribution is 0.0670. The predicted octanol–water partition coefficient (Wildman–Crippen LogP) is 3.03. The van der Waals surface area contributed by atoms with Crippen molar-refractivity contribution in [2.45, 2.75) is 45.1 Å². The van der Waals surface area contributed by atoms with E-state index in [1.165, 1.54) is 17.2 Å². The molecule has 1 aromatic heterocycles. The number of carbonyl (C=O) groups excluding carboxylic acids is 1. The van der Waals surface area contributed by atoms with E-state index in [2.05, 4.69) is 12.0 Å². The van der Waals surface area contributed by atoms with Gasteiger partial charge in [0.05, 0.1) is 5.69 Å². The molecule has 126 valence electrons. The maximum absolute atomic E-state index is 13.0. The minimum Gasteiger partial charge on any atom is -0.334 e. The highest BCUT2D eigenvalue weighted by molar-refractivity contribution is 5.92. The summed E-state index contributed by atoms with van der Waals surface area (Å²) in [5.41, 5.74) is 0.763. The second-order valence-corrected chi connectivity index (χ2v) is 6.21. The summed E-state index contributed by atoms with van der Waals surface area (Å²) >= 11 is 0. The smallest absolute Gasteiger partial charge is 0.274 e. The van der Waals surface area contributed by atoms with Crippen LogP contribution in [-0.4, -0.2) is 33.2 Å². The maximum Gasteiger partial charge on any atom is 0.274 e. The van der Waals surface area contributed by atoms with Crippen LogP contribution in [0.5, 0.6) is 0 Å². The van der Waals surface area contributed by atoms with Crippen LogP contribution in [0, 0.1) is 0 Å². The van der Waals surface area contributed by atoms with E-state index in [0.29, 0.717) is 11.4 Å². The van der Waals surface area contributed by atoms with E-state index in [9.17, 15) is 9.59 Å². The van der Waals surface area contributed by atoms with E-state index in [1.807, 2.05) is 35.2 Å². The molecule has 0 spiro atoms. The van der Waals surface area contributed by atoms with Gasteiger partial charge in [-0.05, 0) is 37.5 Å². The molecular weight excluding hydrogens is 302 g/mol. The van der Waals surface area contributed by atoms with Crippen molar-refractivity contribution < 1.29 is 4.79 Å². The summed E-state index contributed by atoms with van der Waals surface area (Å²) in [6.45, 7) is 2.89. The first-order valence-corrected chi connectivity index (χ1v) is 8.67. The predicted molar refractivity (Wildman–Crippen MR) is 93.4 cm³/mol. The Hall–Kier alpha value is -2.43. The molecular formula is C19H23N3O2. The molecule has 5 heteroatoms.